The van der Waals surface area contributed by atoms with Crippen LogP contribution in [-0.2, 0) is 17.0 Å². The van der Waals surface area contributed by atoms with Crippen LogP contribution in [0, 0.1) is 0 Å². The van der Waals surface area contributed by atoms with Crippen LogP contribution in [0.5, 0.6) is 0 Å². The van der Waals surface area contributed by atoms with Gasteiger partial charge in [0.15, 0.2) is 5.78 Å². The van der Waals surface area contributed by atoms with Crippen molar-refractivity contribution in [2.24, 2.45) is 5.73 Å². The topological polar surface area (TPSA) is 56.2 Å². The van der Waals surface area contributed by atoms with E-state index < -0.39 is 6.04 Å². The second-order valence-corrected chi connectivity index (χ2v) is 5.32. The van der Waals surface area contributed by atoms with Crippen molar-refractivity contribution >= 4 is 30.0 Å². The van der Waals surface area contributed by atoms with Gasteiger partial charge in [-0.1, -0.05) is 30.3 Å². The van der Waals surface area contributed by atoms with E-state index in [4.69, 9.17) is 10.2 Å². The summed E-state index contributed by atoms with van der Waals surface area (Å²) in [6.07, 6.45) is 2.24. The second-order valence-electron chi connectivity index (χ2n) is 4.33. The Morgan fingerprint density at radius 3 is 2.60 bits per heavy atom. The van der Waals surface area contributed by atoms with E-state index in [2.05, 4.69) is 0 Å². The van der Waals surface area contributed by atoms with Crippen molar-refractivity contribution in [1.29, 1.82) is 0 Å². The first-order chi connectivity index (χ1) is 9.25. The molecule has 0 fully saturated rings. The number of ketones is 1. The highest BCUT2D eigenvalue weighted by Crippen LogP contribution is 2.13. The fraction of sp³-hybridized carbons (Fsp3) is 0.267. The van der Waals surface area contributed by atoms with Gasteiger partial charge < -0.3 is 10.2 Å². The van der Waals surface area contributed by atoms with E-state index in [-0.39, 0.29) is 18.2 Å². The summed E-state index contributed by atoms with van der Waals surface area (Å²) in [7, 11) is 0. The lowest BCUT2D eigenvalue weighted by Gasteiger charge is -2.10. The predicted octanol–water partition coefficient (Wildman–Crippen LogP) is 3.07. The number of Topliss-reactive ketones (excluding diaryl/α,β-unsaturated/α-hetero) is 1. The largest absolute Gasteiger partial charge is 0.468 e. The average molecular weight is 312 g/mol. The molecule has 0 spiro atoms. The van der Waals surface area contributed by atoms with Crippen LogP contribution in [0.3, 0.4) is 0 Å². The van der Waals surface area contributed by atoms with Crippen LogP contribution < -0.4 is 5.73 Å². The number of nitrogens with two attached hydrogens (primary N) is 1. The van der Waals surface area contributed by atoms with E-state index in [1.807, 2.05) is 42.5 Å². The Morgan fingerprint density at radius 1 is 1.20 bits per heavy atom. The molecule has 0 radical (unpaired) electrons. The minimum absolute atomic E-state index is 0. The van der Waals surface area contributed by atoms with Gasteiger partial charge in [-0.2, -0.15) is 0 Å². The van der Waals surface area contributed by atoms with Gasteiger partial charge in [0.05, 0.1) is 23.8 Å². The molecular weight excluding hydrogens is 294 g/mol. The van der Waals surface area contributed by atoms with Crippen LogP contribution in [0.2, 0.25) is 0 Å². The van der Waals surface area contributed by atoms with Crippen molar-refractivity contribution in [3.05, 3.63) is 60.1 Å². The molecule has 20 heavy (non-hydrogen) atoms. The summed E-state index contributed by atoms with van der Waals surface area (Å²) < 4.78 is 5.21. The van der Waals surface area contributed by atoms with Gasteiger partial charge in [-0.05, 0) is 24.1 Å². The van der Waals surface area contributed by atoms with E-state index >= 15 is 0 Å². The maximum Gasteiger partial charge on any atom is 0.159 e. The Labute approximate surface area is 129 Å². The third-order valence-electron chi connectivity index (χ3n) is 2.78. The van der Waals surface area contributed by atoms with E-state index in [0.29, 0.717) is 17.9 Å². The van der Waals surface area contributed by atoms with Gasteiger partial charge in [-0.25, -0.2) is 0 Å². The second kappa shape index (κ2) is 8.84. The number of benzene rings is 1. The molecule has 1 heterocycles. The number of furan rings is 1. The molecule has 1 aromatic carbocycles. The number of thioether (sulfide) groups is 1. The maximum absolute atomic E-state index is 11.9. The Kier molecular flexibility index (Phi) is 7.44. The smallest absolute Gasteiger partial charge is 0.159 e. The Morgan fingerprint density at radius 2 is 1.95 bits per heavy atom. The minimum Gasteiger partial charge on any atom is -0.468 e. The number of carbonyl (C=O) groups excluding carboxylic acids is 1. The van der Waals surface area contributed by atoms with Gasteiger partial charge in [0.2, 0.25) is 0 Å². The first kappa shape index (κ1) is 16.8. The molecule has 5 heteroatoms. The monoisotopic (exact) mass is 311 g/mol. The maximum atomic E-state index is 11.9. The van der Waals surface area contributed by atoms with Crippen molar-refractivity contribution < 1.29 is 9.21 Å². The number of rotatable bonds is 7. The molecule has 0 aliphatic rings. The Hall–Kier alpha value is -1.23. The number of halogens is 1. The molecule has 0 aliphatic carbocycles. The molecule has 0 saturated heterocycles. The lowest BCUT2D eigenvalue weighted by molar-refractivity contribution is -0.117. The highest BCUT2D eigenvalue weighted by Gasteiger charge is 2.14. The van der Waals surface area contributed by atoms with E-state index in [1.165, 1.54) is 11.8 Å². The van der Waals surface area contributed by atoms with Gasteiger partial charge in [-0.15, -0.1) is 24.2 Å². The molecule has 1 aromatic heterocycles. The normalized spacial score (nSPS) is 11.7. The quantitative estimate of drug-likeness (QED) is 0.854. The Balaban J connectivity index is 0.00000200. The molecule has 108 valence electrons. The Bertz CT molecular complexity index is 502. The van der Waals surface area contributed by atoms with E-state index in [9.17, 15) is 4.79 Å². The van der Waals surface area contributed by atoms with Gasteiger partial charge in [0, 0.05) is 0 Å². The summed E-state index contributed by atoms with van der Waals surface area (Å²) in [6.45, 7) is 0. The summed E-state index contributed by atoms with van der Waals surface area (Å²) in [6, 6.07) is 13.2. The lowest BCUT2D eigenvalue weighted by Crippen LogP contribution is -2.34. The molecule has 0 saturated carbocycles. The summed E-state index contributed by atoms with van der Waals surface area (Å²) in [5.41, 5.74) is 7.02. The highest BCUT2D eigenvalue weighted by atomic mass is 35.5. The SMILES string of the molecule is Cl.NC(Cc1ccccc1)C(=O)CSCc1ccco1. The zero-order valence-corrected chi connectivity index (χ0v) is 12.7. The van der Waals surface area contributed by atoms with Crippen LogP contribution in [0.1, 0.15) is 11.3 Å². The highest BCUT2D eigenvalue weighted by molar-refractivity contribution is 7.99. The van der Waals surface area contributed by atoms with Gasteiger partial charge in [-0.3, -0.25) is 4.79 Å². The third kappa shape index (κ3) is 5.41. The fourth-order valence-electron chi connectivity index (χ4n) is 1.74. The average Bonchev–Trinajstić information content (AvgIpc) is 2.93. The molecular formula is C15H18ClNO2S. The molecule has 1 unspecified atom stereocenters. The first-order valence-corrected chi connectivity index (χ1v) is 7.33. The van der Waals surface area contributed by atoms with Crippen molar-refractivity contribution in [1.82, 2.24) is 0 Å². The van der Waals surface area contributed by atoms with Crippen LogP contribution >= 0.6 is 24.2 Å². The van der Waals surface area contributed by atoms with Crippen molar-refractivity contribution in [3.63, 3.8) is 0 Å². The number of hydrogen-bond acceptors (Lipinski definition) is 4. The number of carbonyl (C=O) groups is 1. The van der Waals surface area contributed by atoms with Crippen molar-refractivity contribution in [2.45, 2.75) is 18.2 Å². The summed E-state index contributed by atoms with van der Waals surface area (Å²) in [5.74, 6) is 2.10. The van der Waals surface area contributed by atoms with Crippen LogP contribution in [0.25, 0.3) is 0 Å². The zero-order valence-electron chi connectivity index (χ0n) is 11.0. The lowest BCUT2D eigenvalue weighted by atomic mass is 10.0. The molecule has 3 nitrogen and oxygen atoms in total. The van der Waals surface area contributed by atoms with Crippen molar-refractivity contribution in [2.75, 3.05) is 5.75 Å². The zero-order chi connectivity index (χ0) is 13.5. The minimum atomic E-state index is -0.425. The molecule has 2 aromatic rings. The molecule has 0 aliphatic heterocycles. The molecule has 0 bridgehead atoms. The molecule has 1 atom stereocenters. The van der Waals surface area contributed by atoms with Gasteiger partial charge >= 0.3 is 0 Å². The van der Waals surface area contributed by atoms with Gasteiger partial charge in [0.1, 0.15) is 5.76 Å². The standard InChI is InChI=1S/C15H17NO2S.ClH/c16-14(9-12-5-2-1-3-6-12)15(17)11-19-10-13-7-4-8-18-13;/h1-8,14H,9-11,16H2;1H. The van der Waals surface area contributed by atoms with Gasteiger partial charge in [0.25, 0.3) is 0 Å². The fourth-order valence-corrected chi connectivity index (χ4v) is 2.62. The number of hydrogen-bond donors (Lipinski definition) is 1. The van der Waals surface area contributed by atoms with E-state index in [0.717, 1.165) is 11.3 Å². The van der Waals surface area contributed by atoms with E-state index in [1.54, 1.807) is 6.26 Å². The van der Waals surface area contributed by atoms with Crippen LogP contribution in [0.15, 0.2) is 53.1 Å². The van der Waals surface area contributed by atoms with Crippen LogP contribution in [-0.4, -0.2) is 17.6 Å². The summed E-state index contributed by atoms with van der Waals surface area (Å²) in [5, 5.41) is 0. The summed E-state index contributed by atoms with van der Waals surface area (Å²) in [4.78, 5) is 11.9. The molecule has 0 amide bonds. The summed E-state index contributed by atoms with van der Waals surface area (Å²) >= 11 is 1.53. The van der Waals surface area contributed by atoms with Crippen molar-refractivity contribution in [3.8, 4) is 0 Å². The third-order valence-corrected chi connectivity index (χ3v) is 3.76. The molecule has 2 N–H and O–H groups in total. The predicted molar refractivity (Wildman–Crippen MR) is 85.2 cm³/mol. The first-order valence-electron chi connectivity index (χ1n) is 6.18. The van der Waals surface area contributed by atoms with Crippen LogP contribution in [0.4, 0.5) is 0 Å². The molecule has 2 rings (SSSR count).